The Morgan fingerprint density at radius 1 is 0.370 bits per heavy atom. The summed E-state index contributed by atoms with van der Waals surface area (Å²) >= 11 is 24.2. The molecule has 4 amide bonds. The molecule has 724 valence electrons. The van der Waals surface area contributed by atoms with Crippen molar-refractivity contribution in [3.8, 4) is 45.0 Å². The first-order valence-electron chi connectivity index (χ1n) is 40.5. The van der Waals surface area contributed by atoms with Gasteiger partial charge in [0.05, 0.1) is 81.0 Å². The van der Waals surface area contributed by atoms with Crippen LogP contribution in [-0.4, -0.2) is 183 Å². The van der Waals surface area contributed by atoms with Crippen molar-refractivity contribution < 1.29 is 125 Å². The molecule has 1 aliphatic heterocycles. The van der Waals surface area contributed by atoms with Gasteiger partial charge in [0.2, 0.25) is 23.8 Å². The SMILES string of the molecule is CC(N)C(=O)OCCOC(=O)N(c1ccc(C(F)(F)F)cc1)c1nccc(-c2cccc(Cl)c2)n1.C[C@H](N)C(=O)OCCOC(=O)N(c1ccc(C(F)(F)F)cc1)c1nccc(-c2cccc(Cl)c2)n1.N[C@@H](COC(=O)N(c1ccc(C(F)(F)F)cc1)c1nccc(-c2cccc(Cl)c2)n1)C(=O)O.O=C(OCCN1CCOCC1)N(c1ccc(C(F)(F)F)cc1)c1nccc(-c2cccc(Cl)c2)n1. The highest BCUT2D eigenvalue weighted by molar-refractivity contribution is 6.32. The third kappa shape index (κ3) is 31.1. The zero-order valence-corrected chi connectivity index (χ0v) is 74.9. The number of morpholine rings is 1. The van der Waals surface area contributed by atoms with E-state index in [0.717, 1.165) is 118 Å². The standard InChI is InChI=1S/C24H22ClF3N4O3.2C23H20ClF3N4O4.C21H16ClF3N4O4/c25-19-3-1-2-17(16-19)21-8-9-29-22(30-21)32(20-6-4-18(5-7-20)24(26,27)28)23(33)35-15-12-31-10-13-34-14-11-31;2*1-14(28)20(32)34-11-12-35-22(33)31(18-7-5-16(6-8-18)23(25,26)27)21-29-10-9-19(30-21)15-3-2-4-17(24)13-15;22-14-3-1-2-12(10-14)17-8-9-27-19(28-17)29(20(32)33-11-16(26)18(30)31)15-6-4-13(5-7-15)21(23,24)25/h1-9,16H,10-15H2;2*2-10,13-14H,11-12,28H2,1H3;1-10,16H,11,26H2,(H,30,31)/t;14-;;16-/m.0.0/s1. The highest BCUT2D eigenvalue weighted by Crippen LogP contribution is 2.39. The van der Waals surface area contributed by atoms with Crippen molar-refractivity contribution in [1.82, 2.24) is 44.8 Å². The molecule has 3 atom stereocenters. The molecule has 1 saturated heterocycles. The molecule has 0 aliphatic carbocycles. The number of carbonyl (C=O) groups is 7. The Morgan fingerprint density at radius 3 is 0.855 bits per heavy atom. The van der Waals surface area contributed by atoms with E-state index in [1.54, 1.807) is 121 Å². The molecule has 13 rings (SSSR count). The topological polar surface area (TPSA) is 402 Å². The number of rotatable bonds is 26. The third-order valence-electron chi connectivity index (χ3n) is 18.7. The zero-order chi connectivity index (χ0) is 100. The molecule has 1 aliphatic rings. The summed E-state index contributed by atoms with van der Waals surface area (Å²) in [7, 11) is 0. The van der Waals surface area contributed by atoms with E-state index in [1.165, 1.54) is 50.8 Å². The average molecular weight is 2010 g/mol. The fraction of sp³-hybridized carbons (Fsp3) is 0.220. The molecular formula is C91H78Cl4F12N16O15. The van der Waals surface area contributed by atoms with E-state index in [2.05, 4.69) is 44.8 Å². The Labute approximate surface area is 796 Å². The van der Waals surface area contributed by atoms with Gasteiger partial charge >= 0.3 is 67.0 Å². The number of aromatic nitrogens is 8. The fourth-order valence-electron chi connectivity index (χ4n) is 11.8. The van der Waals surface area contributed by atoms with Crippen molar-refractivity contribution in [3.63, 3.8) is 0 Å². The summed E-state index contributed by atoms with van der Waals surface area (Å²) in [6, 6.07) is 45.8. The number of benzene rings is 8. The number of amides is 4. The number of alkyl halides is 12. The predicted octanol–water partition coefficient (Wildman–Crippen LogP) is 19.9. The molecular weight excluding hydrogens is 1930 g/mol. The van der Waals surface area contributed by atoms with Gasteiger partial charge in [-0.2, -0.15) is 52.7 Å². The number of hydrogen-bond acceptors (Lipinski definition) is 26. The summed E-state index contributed by atoms with van der Waals surface area (Å²) in [6.07, 6.45) is -16.6. The van der Waals surface area contributed by atoms with E-state index in [4.69, 9.17) is 102 Å². The maximum absolute atomic E-state index is 13.1. The number of aliphatic carboxylic acids is 1. The maximum Gasteiger partial charge on any atom is 0.421 e. The molecule has 4 aromatic heterocycles. The Morgan fingerprint density at radius 2 is 0.616 bits per heavy atom. The predicted molar refractivity (Wildman–Crippen MR) is 482 cm³/mol. The Bertz CT molecular complexity index is 5980. The van der Waals surface area contributed by atoms with E-state index in [9.17, 15) is 86.2 Å². The van der Waals surface area contributed by atoms with Crippen LogP contribution < -0.4 is 36.8 Å². The molecule has 47 heteroatoms. The lowest BCUT2D eigenvalue weighted by molar-refractivity contribution is -0.146. The van der Waals surface area contributed by atoms with Gasteiger partial charge in [-0.1, -0.05) is 94.9 Å². The van der Waals surface area contributed by atoms with Gasteiger partial charge in [0.25, 0.3) is 0 Å². The van der Waals surface area contributed by atoms with Crippen LogP contribution >= 0.6 is 46.4 Å². The van der Waals surface area contributed by atoms with Gasteiger partial charge < -0.3 is 55.5 Å². The van der Waals surface area contributed by atoms with Crippen LogP contribution in [0.15, 0.2) is 243 Å². The number of nitrogens with zero attached hydrogens (tertiary/aromatic N) is 13. The lowest BCUT2D eigenvalue weighted by Gasteiger charge is -2.27. The molecule has 138 heavy (non-hydrogen) atoms. The molecule has 5 heterocycles. The number of carboxylic acid groups (broad SMARTS) is 1. The first kappa shape index (κ1) is 106. The minimum Gasteiger partial charge on any atom is -0.480 e. The molecule has 12 aromatic rings. The number of ether oxygens (including phenoxy) is 7. The Kier molecular flexibility index (Phi) is 37.5. The van der Waals surface area contributed by atoms with Crippen LogP contribution in [0.3, 0.4) is 0 Å². The van der Waals surface area contributed by atoms with Gasteiger partial charge in [-0.25, -0.2) is 78.6 Å². The summed E-state index contributed by atoms with van der Waals surface area (Å²) in [5.74, 6) is -3.33. The largest absolute Gasteiger partial charge is 0.480 e. The number of carboxylic acids is 1. The maximum atomic E-state index is 13.1. The van der Waals surface area contributed by atoms with E-state index in [0.29, 0.717) is 84.9 Å². The van der Waals surface area contributed by atoms with Gasteiger partial charge in [-0.3, -0.25) is 19.3 Å². The second-order valence-electron chi connectivity index (χ2n) is 28.8. The number of carbonyl (C=O) groups excluding carboxylic acids is 6. The van der Waals surface area contributed by atoms with Crippen LogP contribution in [0.5, 0.6) is 0 Å². The first-order chi connectivity index (χ1) is 65.5. The average Bonchev–Trinajstić information content (AvgIpc) is 0.810. The van der Waals surface area contributed by atoms with Gasteiger partial charge in [-0.05, 0) is 184 Å². The van der Waals surface area contributed by atoms with Crippen LogP contribution in [0.1, 0.15) is 36.1 Å². The van der Waals surface area contributed by atoms with E-state index < -0.39 is 114 Å². The van der Waals surface area contributed by atoms with Crippen molar-refractivity contribution >= 4 is 135 Å². The van der Waals surface area contributed by atoms with E-state index in [-0.39, 0.29) is 79.6 Å². The number of halogens is 16. The third-order valence-corrected chi connectivity index (χ3v) is 19.6. The molecule has 31 nitrogen and oxygen atoms in total. The normalized spacial score (nSPS) is 12.7. The van der Waals surface area contributed by atoms with Gasteiger partial charge in [0.15, 0.2) is 0 Å². The molecule has 1 unspecified atom stereocenters. The lowest BCUT2D eigenvalue weighted by atomic mass is 10.1. The van der Waals surface area contributed by atoms with Crippen molar-refractivity contribution in [2.45, 2.75) is 56.7 Å². The molecule has 7 N–H and O–H groups in total. The number of anilines is 8. The highest BCUT2D eigenvalue weighted by atomic mass is 35.5. The highest BCUT2D eigenvalue weighted by Gasteiger charge is 2.37. The van der Waals surface area contributed by atoms with Crippen LogP contribution in [-0.2, 0) is 72.2 Å². The molecule has 0 saturated carbocycles. The van der Waals surface area contributed by atoms with Gasteiger partial charge in [0, 0.05) is 86.8 Å². The molecule has 8 aromatic carbocycles. The second kappa shape index (κ2) is 48.9. The Hall–Kier alpha value is -14.3. The fourth-order valence-corrected chi connectivity index (χ4v) is 12.6. The van der Waals surface area contributed by atoms with Crippen molar-refractivity contribution in [3.05, 3.63) is 286 Å². The summed E-state index contributed by atoms with van der Waals surface area (Å²) in [4.78, 5) is 125. The molecule has 0 spiro atoms. The van der Waals surface area contributed by atoms with Crippen LogP contribution in [0.2, 0.25) is 20.1 Å². The number of nitrogens with two attached hydrogens (primary N) is 3. The number of esters is 2. The van der Waals surface area contributed by atoms with E-state index >= 15 is 0 Å². The van der Waals surface area contributed by atoms with Gasteiger partial charge in [0.1, 0.15) is 57.8 Å². The number of hydrogen-bond donors (Lipinski definition) is 4. The lowest BCUT2D eigenvalue weighted by Crippen LogP contribution is -2.39. The first-order valence-corrected chi connectivity index (χ1v) is 42.1. The summed E-state index contributed by atoms with van der Waals surface area (Å²) in [5, 5.41) is 10.8. The molecule has 0 bridgehead atoms. The zero-order valence-electron chi connectivity index (χ0n) is 71.9. The smallest absolute Gasteiger partial charge is 0.421 e. The minimum atomic E-state index is -4.58. The Balaban J connectivity index is 0.000000190. The summed E-state index contributed by atoms with van der Waals surface area (Å²) < 4.78 is 192. The quantitative estimate of drug-likeness (QED) is 0.0169. The van der Waals surface area contributed by atoms with E-state index in [1.807, 2.05) is 0 Å². The summed E-state index contributed by atoms with van der Waals surface area (Å²) in [6.45, 7) is 4.25. The van der Waals surface area contributed by atoms with Crippen molar-refractivity contribution in [1.29, 1.82) is 0 Å². The summed E-state index contributed by atoms with van der Waals surface area (Å²) in [5.41, 5.74) is 17.0. The van der Waals surface area contributed by atoms with Crippen LogP contribution in [0.25, 0.3) is 45.0 Å². The second-order valence-corrected chi connectivity index (χ2v) is 30.5. The monoisotopic (exact) mass is 2000 g/mol. The van der Waals surface area contributed by atoms with Crippen LogP contribution in [0.4, 0.5) is 118 Å². The van der Waals surface area contributed by atoms with Gasteiger partial charge in [-0.15, -0.1) is 0 Å². The molecule has 1 fully saturated rings. The van der Waals surface area contributed by atoms with Crippen molar-refractivity contribution in [2.75, 3.05) is 92.1 Å². The van der Waals surface area contributed by atoms with Crippen LogP contribution in [0, 0.1) is 0 Å². The minimum absolute atomic E-state index is 0.0267. The molecule has 0 radical (unpaired) electrons. The van der Waals surface area contributed by atoms with Crippen molar-refractivity contribution in [2.24, 2.45) is 17.2 Å².